The van der Waals surface area contributed by atoms with Crippen LogP contribution >= 0.6 is 12.6 Å². The number of hydrogen-bond donors (Lipinski definition) is 4. The number of nitrogens with one attached hydrogen (secondary N) is 1. The molecular formula is C10H16N2OS. The molecule has 3 nitrogen and oxygen atoms in total. The third kappa shape index (κ3) is 4.09. The van der Waals surface area contributed by atoms with Crippen LogP contribution in [0.15, 0.2) is 36.3 Å². The average Bonchev–Trinajstić information content (AvgIpc) is 2.24. The lowest BCUT2D eigenvalue weighted by Crippen LogP contribution is -2.02. The van der Waals surface area contributed by atoms with Gasteiger partial charge in [0, 0.05) is 5.69 Å². The first-order chi connectivity index (χ1) is 6.74. The molecule has 1 aromatic carbocycles. The number of aliphatic hydroxyl groups excluding tert-OH is 1. The normalized spacial score (nSPS) is 10.1. The fourth-order valence-corrected chi connectivity index (χ4v) is 0.893. The maximum atomic E-state index is 9.06. The summed E-state index contributed by atoms with van der Waals surface area (Å²) >= 11 is 3.53. The fourth-order valence-electron chi connectivity index (χ4n) is 0.893. The predicted octanol–water partition coefficient (Wildman–Crippen LogP) is 2.27. The Morgan fingerprint density at radius 1 is 1.43 bits per heavy atom. The molecule has 0 radical (unpaired) electrons. The summed E-state index contributed by atoms with van der Waals surface area (Å²) < 4.78 is 0. The van der Waals surface area contributed by atoms with Crippen molar-refractivity contribution in [2.45, 2.75) is 6.92 Å². The zero-order valence-corrected chi connectivity index (χ0v) is 9.25. The van der Waals surface area contributed by atoms with Crippen LogP contribution in [0, 0.1) is 6.92 Å². The van der Waals surface area contributed by atoms with Crippen molar-refractivity contribution >= 4 is 18.3 Å². The quantitative estimate of drug-likeness (QED) is 0.449. The van der Waals surface area contributed by atoms with Crippen LogP contribution in [0.5, 0.6) is 0 Å². The van der Waals surface area contributed by atoms with E-state index in [0.717, 1.165) is 17.5 Å². The number of nitrogens with two attached hydrogens (primary N) is 1. The number of aryl methyl sites for hydroxylation is 1. The van der Waals surface area contributed by atoms with Crippen molar-refractivity contribution in [1.82, 2.24) is 0 Å². The van der Waals surface area contributed by atoms with Gasteiger partial charge < -0.3 is 16.2 Å². The molecule has 0 bridgehead atoms. The van der Waals surface area contributed by atoms with Crippen LogP contribution in [0.1, 0.15) is 5.56 Å². The van der Waals surface area contributed by atoms with Gasteiger partial charge in [0.1, 0.15) is 0 Å². The van der Waals surface area contributed by atoms with Crippen LogP contribution in [0.25, 0.3) is 0 Å². The molecule has 0 unspecified atom stereocenters. The second-order valence-corrected chi connectivity index (χ2v) is 2.49. The van der Waals surface area contributed by atoms with E-state index >= 15 is 0 Å². The topological polar surface area (TPSA) is 58.3 Å². The SMILES string of the molecule is CS.Cc1ccccc1N/C(O)=C\N. The molecule has 0 amide bonds. The Hall–Kier alpha value is -1.29. The summed E-state index contributed by atoms with van der Waals surface area (Å²) in [6.07, 6.45) is 2.81. The third-order valence-electron chi connectivity index (χ3n) is 1.57. The van der Waals surface area contributed by atoms with Crippen molar-refractivity contribution < 1.29 is 5.11 Å². The van der Waals surface area contributed by atoms with Crippen LogP contribution < -0.4 is 11.1 Å². The second kappa shape index (κ2) is 7.15. The minimum atomic E-state index is -0.0377. The Labute approximate surface area is 90.0 Å². The standard InChI is InChI=1S/C9H12N2O.CH4S/c1-7-4-2-3-5-8(7)11-9(12)6-10;1-2/h2-6,11-12H,10H2,1H3;2H,1H3/b9-6+;. The summed E-state index contributed by atoms with van der Waals surface area (Å²) in [4.78, 5) is 0. The fraction of sp³-hybridized carbons (Fsp3) is 0.200. The monoisotopic (exact) mass is 212 g/mol. The summed E-state index contributed by atoms with van der Waals surface area (Å²) in [5.41, 5.74) is 7.01. The molecule has 14 heavy (non-hydrogen) atoms. The zero-order chi connectivity index (χ0) is 11.0. The van der Waals surface area contributed by atoms with Crippen molar-refractivity contribution in [1.29, 1.82) is 0 Å². The van der Waals surface area contributed by atoms with Gasteiger partial charge in [-0.25, -0.2) is 0 Å². The molecular weight excluding hydrogens is 196 g/mol. The summed E-state index contributed by atoms with van der Waals surface area (Å²) in [7, 11) is 0. The highest BCUT2D eigenvalue weighted by Crippen LogP contribution is 2.13. The number of thiol groups is 1. The lowest BCUT2D eigenvalue weighted by molar-refractivity contribution is 0.417. The molecule has 78 valence electrons. The molecule has 4 heteroatoms. The van der Waals surface area contributed by atoms with Gasteiger partial charge >= 0.3 is 0 Å². The average molecular weight is 212 g/mol. The van der Waals surface area contributed by atoms with Crippen molar-refractivity contribution in [3.8, 4) is 0 Å². The van der Waals surface area contributed by atoms with E-state index in [4.69, 9.17) is 10.8 Å². The first kappa shape index (κ1) is 12.7. The zero-order valence-electron chi connectivity index (χ0n) is 8.36. The van der Waals surface area contributed by atoms with Gasteiger partial charge in [-0.1, -0.05) is 18.2 Å². The minimum Gasteiger partial charge on any atom is -0.494 e. The molecule has 1 rings (SSSR count). The van der Waals surface area contributed by atoms with Crippen LogP contribution in [0.2, 0.25) is 0 Å². The number of benzene rings is 1. The van der Waals surface area contributed by atoms with E-state index in [9.17, 15) is 0 Å². The summed E-state index contributed by atoms with van der Waals surface area (Å²) in [6.45, 7) is 1.95. The van der Waals surface area contributed by atoms with Gasteiger partial charge in [0.15, 0.2) is 0 Å². The van der Waals surface area contributed by atoms with Crippen molar-refractivity contribution in [3.63, 3.8) is 0 Å². The lowest BCUT2D eigenvalue weighted by Gasteiger charge is -2.06. The summed E-state index contributed by atoms with van der Waals surface area (Å²) in [5, 5.41) is 11.8. The van der Waals surface area contributed by atoms with Gasteiger partial charge in [0.25, 0.3) is 0 Å². The molecule has 0 aromatic heterocycles. The Kier molecular flexibility index (Phi) is 6.49. The summed E-state index contributed by atoms with van der Waals surface area (Å²) in [6, 6.07) is 7.64. The maximum Gasteiger partial charge on any atom is 0.204 e. The van der Waals surface area contributed by atoms with Gasteiger partial charge in [-0.3, -0.25) is 0 Å². The molecule has 4 N–H and O–H groups in total. The van der Waals surface area contributed by atoms with E-state index in [2.05, 4.69) is 17.9 Å². The highest BCUT2D eigenvalue weighted by Gasteiger charge is 1.96. The van der Waals surface area contributed by atoms with Crippen LogP contribution in [-0.2, 0) is 0 Å². The molecule has 0 aliphatic heterocycles. The van der Waals surface area contributed by atoms with Gasteiger partial charge in [-0.2, -0.15) is 12.6 Å². The maximum absolute atomic E-state index is 9.06. The van der Waals surface area contributed by atoms with Crippen molar-refractivity contribution in [3.05, 3.63) is 41.9 Å². The van der Waals surface area contributed by atoms with E-state index in [1.807, 2.05) is 31.2 Å². The van der Waals surface area contributed by atoms with Gasteiger partial charge in [0.2, 0.25) is 5.88 Å². The number of rotatable bonds is 2. The van der Waals surface area contributed by atoms with E-state index in [1.54, 1.807) is 6.26 Å². The molecule has 0 aliphatic carbocycles. The molecule has 1 aromatic rings. The summed E-state index contributed by atoms with van der Waals surface area (Å²) in [5.74, 6) is -0.0377. The van der Waals surface area contributed by atoms with Gasteiger partial charge in [-0.15, -0.1) is 0 Å². The number of para-hydroxylation sites is 1. The molecule has 0 aliphatic rings. The largest absolute Gasteiger partial charge is 0.494 e. The molecule has 0 saturated heterocycles. The Morgan fingerprint density at radius 2 is 2.00 bits per heavy atom. The van der Waals surface area contributed by atoms with E-state index in [0.29, 0.717) is 0 Å². The van der Waals surface area contributed by atoms with Crippen LogP contribution in [0.3, 0.4) is 0 Å². The lowest BCUT2D eigenvalue weighted by atomic mass is 10.2. The molecule has 0 saturated carbocycles. The molecule has 0 atom stereocenters. The number of hydrogen-bond acceptors (Lipinski definition) is 4. The van der Waals surface area contributed by atoms with Crippen LogP contribution in [0.4, 0.5) is 5.69 Å². The highest BCUT2D eigenvalue weighted by atomic mass is 32.1. The predicted molar refractivity (Wildman–Crippen MR) is 64.6 cm³/mol. The first-order valence-electron chi connectivity index (χ1n) is 4.12. The van der Waals surface area contributed by atoms with E-state index in [1.165, 1.54) is 0 Å². The van der Waals surface area contributed by atoms with E-state index < -0.39 is 0 Å². The Balaban J connectivity index is 0.000000791. The van der Waals surface area contributed by atoms with Gasteiger partial charge in [-0.05, 0) is 24.8 Å². The van der Waals surface area contributed by atoms with Crippen molar-refractivity contribution in [2.75, 3.05) is 11.6 Å². The minimum absolute atomic E-state index is 0.0377. The molecule has 0 heterocycles. The second-order valence-electron chi connectivity index (χ2n) is 2.49. The highest BCUT2D eigenvalue weighted by molar-refractivity contribution is 7.79. The van der Waals surface area contributed by atoms with E-state index in [-0.39, 0.29) is 5.88 Å². The van der Waals surface area contributed by atoms with Crippen LogP contribution in [-0.4, -0.2) is 11.4 Å². The molecule has 0 fully saturated rings. The van der Waals surface area contributed by atoms with Gasteiger partial charge in [0.05, 0.1) is 6.20 Å². The third-order valence-corrected chi connectivity index (χ3v) is 1.57. The number of anilines is 1. The van der Waals surface area contributed by atoms with Crippen molar-refractivity contribution in [2.24, 2.45) is 5.73 Å². The Bertz CT molecular complexity index is 300. The first-order valence-corrected chi connectivity index (χ1v) is 5.01. The smallest absolute Gasteiger partial charge is 0.204 e. The molecule has 0 spiro atoms. The number of aliphatic hydroxyl groups is 1. The Morgan fingerprint density at radius 3 is 2.50 bits per heavy atom.